The normalized spacial score (nSPS) is 11.3. The molecule has 0 aliphatic heterocycles. The van der Waals surface area contributed by atoms with Crippen LogP contribution >= 0.6 is 0 Å². The third-order valence-corrected chi connectivity index (χ3v) is 2.72. The standard InChI is InChI=1S/C11H17N3O3/c1-7-5-8(13-12-7)10(17)14(4)11(2,3)6-9(15)16/h5H,6H2,1-4H3,(H,12,13)(H,15,16). The van der Waals surface area contributed by atoms with Crippen LogP contribution in [0.15, 0.2) is 6.07 Å². The van der Waals surface area contributed by atoms with Crippen LogP contribution in [0.25, 0.3) is 0 Å². The number of carboxylic acid groups (broad SMARTS) is 1. The molecule has 1 heterocycles. The number of rotatable bonds is 4. The third-order valence-electron chi connectivity index (χ3n) is 2.72. The van der Waals surface area contributed by atoms with Gasteiger partial charge in [0.05, 0.1) is 6.42 Å². The lowest BCUT2D eigenvalue weighted by Gasteiger charge is -2.33. The molecule has 1 aromatic heterocycles. The van der Waals surface area contributed by atoms with Crippen molar-refractivity contribution >= 4 is 11.9 Å². The number of carbonyl (C=O) groups is 2. The molecule has 1 aromatic rings. The van der Waals surface area contributed by atoms with Gasteiger partial charge in [0.1, 0.15) is 5.69 Å². The van der Waals surface area contributed by atoms with Gasteiger partial charge in [0.15, 0.2) is 0 Å². The van der Waals surface area contributed by atoms with Crippen molar-refractivity contribution in [3.63, 3.8) is 0 Å². The molecular formula is C11H17N3O3. The van der Waals surface area contributed by atoms with Gasteiger partial charge in [0.2, 0.25) is 0 Å². The van der Waals surface area contributed by atoms with Gasteiger partial charge in [-0.2, -0.15) is 5.10 Å². The minimum atomic E-state index is -0.937. The maximum absolute atomic E-state index is 12.0. The molecule has 0 aromatic carbocycles. The fourth-order valence-electron chi connectivity index (χ4n) is 1.46. The van der Waals surface area contributed by atoms with Crippen molar-refractivity contribution in [1.29, 1.82) is 0 Å². The first-order valence-corrected chi connectivity index (χ1v) is 5.26. The molecule has 6 nitrogen and oxygen atoms in total. The Morgan fingerprint density at radius 2 is 2.12 bits per heavy atom. The van der Waals surface area contributed by atoms with E-state index in [0.717, 1.165) is 5.69 Å². The Balaban J connectivity index is 2.86. The number of aromatic amines is 1. The number of H-pyrrole nitrogens is 1. The van der Waals surface area contributed by atoms with Crippen LogP contribution in [0.2, 0.25) is 0 Å². The highest BCUT2D eigenvalue weighted by Gasteiger charge is 2.31. The van der Waals surface area contributed by atoms with Gasteiger partial charge in [-0.25, -0.2) is 0 Å². The molecule has 0 spiro atoms. The van der Waals surface area contributed by atoms with Crippen molar-refractivity contribution in [3.05, 3.63) is 17.5 Å². The first kappa shape index (κ1) is 13.2. The van der Waals surface area contributed by atoms with E-state index in [1.807, 2.05) is 0 Å². The predicted octanol–water partition coefficient (Wildman–Crippen LogP) is 1.04. The number of amides is 1. The van der Waals surface area contributed by atoms with Gasteiger partial charge in [-0.05, 0) is 26.8 Å². The van der Waals surface area contributed by atoms with Crippen LogP contribution in [0.4, 0.5) is 0 Å². The Labute approximate surface area is 99.6 Å². The highest BCUT2D eigenvalue weighted by Crippen LogP contribution is 2.19. The van der Waals surface area contributed by atoms with Gasteiger partial charge < -0.3 is 10.0 Å². The second kappa shape index (κ2) is 4.57. The Kier molecular flexibility index (Phi) is 3.55. The van der Waals surface area contributed by atoms with Crippen LogP contribution < -0.4 is 0 Å². The van der Waals surface area contributed by atoms with Gasteiger partial charge in [-0.15, -0.1) is 0 Å². The van der Waals surface area contributed by atoms with Crippen LogP contribution in [0.5, 0.6) is 0 Å². The van der Waals surface area contributed by atoms with Gasteiger partial charge in [-0.3, -0.25) is 14.7 Å². The van der Waals surface area contributed by atoms with E-state index in [1.54, 1.807) is 33.9 Å². The van der Waals surface area contributed by atoms with E-state index >= 15 is 0 Å². The van der Waals surface area contributed by atoms with E-state index in [0.29, 0.717) is 5.69 Å². The molecule has 2 N–H and O–H groups in total. The lowest BCUT2D eigenvalue weighted by atomic mass is 9.98. The summed E-state index contributed by atoms with van der Waals surface area (Å²) in [6.45, 7) is 5.21. The molecule has 0 saturated heterocycles. The summed E-state index contributed by atoms with van der Waals surface area (Å²) >= 11 is 0. The van der Waals surface area contributed by atoms with E-state index in [9.17, 15) is 9.59 Å². The maximum Gasteiger partial charge on any atom is 0.305 e. The second-order valence-electron chi connectivity index (χ2n) is 4.68. The highest BCUT2D eigenvalue weighted by molar-refractivity contribution is 5.93. The Hall–Kier alpha value is -1.85. The summed E-state index contributed by atoms with van der Waals surface area (Å²) in [5.41, 5.74) is 0.330. The summed E-state index contributed by atoms with van der Waals surface area (Å²) in [7, 11) is 1.58. The molecule has 0 atom stereocenters. The first-order chi connectivity index (χ1) is 7.74. The zero-order chi connectivity index (χ0) is 13.2. The second-order valence-corrected chi connectivity index (χ2v) is 4.68. The lowest BCUT2D eigenvalue weighted by molar-refractivity contribution is -0.139. The van der Waals surface area contributed by atoms with E-state index in [2.05, 4.69) is 10.2 Å². The Morgan fingerprint density at radius 3 is 2.53 bits per heavy atom. The van der Waals surface area contributed by atoms with E-state index in [4.69, 9.17) is 5.11 Å². The fraction of sp³-hybridized carbons (Fsp3) is 0.545. The summed E-state index contributed by atoms with van der Waals surface area (Å²) < 4.78 is 0. The van der Waals surface area contributed by atoms with Crippen molar-refractivity contribution in [2.24, 2.45) is 0 Å². The predicted molar refractivity (Wildman–Crippen MR) is 61.8 cm³/mol. The van der Waals surface area contributed by atoms with Crippen LogP contribution in [0, 0.1) is 6.92 Å². The van der Waals surface area contributed by atoms with E-state index in [1.165, 1.54) is 4.90 Å². The Bertz CT molecular complexity index is 437. The van der Waals surface area contributed by atoms with Crippen molar-refractivity contribution in [2.75, 3.05) is 7.05 Å². The van der Waals surface area contributed by atoms with Crippen LogP contribution in [0.3, 0.4) is 0 Å². The van der Waals surface area contributed by atoms with Crippen LogP contribution in [0.1, 0.15) is 36.5 Å². The maximum atomic E-state index is 12.0. The number of hydrogen-bond donors (Lipinski definition) is 2. The number of aryl methyl sites for hydroxylation is 1. The molecule has 6 heteroatoms. The molecule has 1 rings (SSSR count). The molecule has 0 saturated carbocycles. The third kappa shape index (κ3) is 3.05. The molecule has 94 valence electrons. The van der Waals surface area contributed by atoms with E-state index in [-0.39, 0.29) is 12.3 Å². The molecular weight excluding hydrogens is 222 g/mol. The molecule has 1 amide bonds. The minimum Gasteiger partial charge on any atom is -0.481 e. The number of aliphatic carboxylic acids is 1. The topological polar surface area (TPSA) is 86.3 Å². The smallest absolute Gasteiger partial charge is 0.305 e. The quantitative estimate of drug-likeness (QED) is 0.822. The largest absolute Gasteiger partial charge is 0.481 e. The fourth-order valence-corrected chi connectivity index (χ4v) is 1.46. The number of nitrogens with zero attached hydrogens (tertiary/aromatic N) is 2. The number of aromatic nitrogens is 2. The zero-order valence-electron chi connectivity index (χ0n) is 10.4. The van der Waals surface area contributed by atoms with Crippen molar-refractivity contribution < 1.29 is 14.7 Å². The van der Waals surface area contributed by atoms with Gasteiger partial charge in [0, 0.05) is 18.3 Å². The number of carbonyl (C=O) groups excluding carboxylic acids is 1. The Morgan fingerprint density at radius 1 is 1.53 bits per heavy atom. The molecule has 0 fully saturated rings. The number of nitrogens with one attached hydrogen (secondary N) is 1. The van der Waals surface area contributed by atoms with Crippen LogP contribution in [-0.4, -0.2) is 44.7 Å². The number of hydrogen-bond acceptors (Lipinski definition) is 3. The molecule has 0 aliphatic rings. The van der Waals surface area contributed by atoms with Gasteiger partial charge in [0.25, 0.3) is 5.91 Å². The SMILES string of the molecule is Cc1cc(C(=O)N(C)C(C)(C)CC(=O)O)n[nH]1. The summed E-state index contributed by atoms with van der Waals surface area (Å²) in [5.74, 6) is -1.23. The number of carboxylic acids is 1. The van der Waals surface area contributed by atoms with E-state index < -0.39 is 11.5 Å². The van der Waals surface area contributed by atoms with Crippen molar-refractivity contribution in [1.82, 2.24) is 15.1 Å². The molecule has 17 heavy (non-hydrogen) atoms. The first-order valence-electron chi connectivity index (χ1n) is 5.26. The highest BCUT2D eigenvalue weighted by atomic mass is 16.4. The summed E-state index contributed by atoms with van der Waals surface area (Å²) in [5, 5.41) is 15.3. The lowest BCUT2D eigenvalue weighted by Crippen LogP contribution is -2.46. The minimum absolute atomic E-state index is 0.112. The van der Waals surface area contributed by atoms with Gasteiger partial charge >= 0.3 is 5.97 Å². The van der Waals surface area contributed by atoms with Gasteiger partial charge in [-0.1, -0.05) is 0 Å². The summed E-state index contributed by atoms with van der Waals surface area (Å²) in [6.07, 6.45) is -0.112. The summed E-state index contributed by atoms with van der Waals surface area (Å²) in [4.78, 5) is 24.2. The average Bonchev–Trinajstić information content (AvgIpc) is 2.60. The molecule has 0 radical (unpaired) electrons. The monoisotopic (exact) mass is 239 g/mol. The molecule has 0 bridgehead atoms. The van der Waals surface area contributed by atoms with Crippen molar-refractivity contribution in [3.8, 4) is 0 Å². The molecule has 0 aliphatic carbocycles. The summed E-state index contributed by atoms with van der Waals surface area (Å²) in [6, 6.07) is 1.63. The van der Waals surface area contributed by atoms with Crippen LogP contribution in [-0.2, 0) is 4.79 Å². The van der Waals surface area contributed by atoms with Crippen molar-refractivity contribution in [2.45, 2.75) is 32.7 Å². The molecule has 0 unspecified atom stereocenters. The zero-order valence-corrected chi connectivity index (χ0v) is 10.4. The average molecular weight is 239 g/mol.